The summed E-state index contributed by atoms with van der Waals surface area (Å²) in [5.74, 6) is -0.0106. The van der Waals surface area contributed by atoms with Gasteiger partial charge in [-0.2, -0.15) is 0 Å². The summed E-state index contributed by atoms with van der Waals surface area (Å²) in [6, 6.07) is 9.54. The Morgan fingerprint density at radius 3 is 2.80 bits per heavy atom. The van der Waals surface area contributed by atoms with Crippen molar-refractivity contribution in [2.24, 2.45) is 5.73 Å². The Balaban J connectivity index is 2.22. The molecule has 5 N–H and O–H groups in total. The number of rotatable bonds is 4. The molecule has 0 radical (unpaired) electrons. The van der Waals surface area contributed by atoms with Crippen molar-refractivity contribution >= 4 is 33.3 Å². The standard InChI is InChI=1S/C14H15BrN4O/c1-8(9-3-2-4-10(15)5-9)19-13-6-11(14(17)20)12(16)7-18-13/h2-8H,16H2,1H3,(H2,17,20)(H,18,19). The van der Waals surface area contributed by atoms with Crippen molar-refractivity contribution < 1.29 is 4.79 Å². The van der Waals surface area contributed by atoms with Gasteiger partial charge in [-0.25, -0.2) is 4.98 Å². The molecule has 0 fully saturated rings. The van der Waals surface area contributed by atoms with Gasteiger partial charge in [0.25, 0.3) is 5.91 Å². The molecule has 6 heteroatoms. The molecule has 5 nitrogen and oxygen atoms in total. The zero-order valence-corrected chi connectivity index (χ0v) is 12.5. The minimum Gasteiger partial charge on any atom is -0.397 e. The fourth-order valence-electron chi connectivity index (χ4n) is 1.84. The number of nitrogen functional groups attached to an aromatic ring is 1. The zero-order valence-electron chi connectivity index (χ0n) is 10.9. The highest BCUT2D eigenvalue weighted by Crippen LogP contribution is 2.22. The molecule has 1 amide bonds. The molecule has 0 saturated carbocycles. The summed E-state index contributed by atoms with van der Waals surface area (Å²) >= 11 is 3.43. The highest BCUT2D eigenvalue weighted by atomic mass is 79.9. The largest absolute Gasteiger partial charge is 0.397 e. The van der Waals surface area contributed by atoms with Gasteiger partial charge >= 0.3 is 0 Å². The molecular weight excluding hydrogens is 320 g/mol. The second-order valence-electron chi connectivity index (χ2n) is 4.44. The molecular formula is C14H15BrN4O. The van der Waals surface area contributed by atoms with Crippen molar-refractivity contribution in [3.8, 4) is 0 Å². The summed E-state index contributed by atoms with van der Waals surface area (Å²) in [5.41, 5.74) is 12.6. The number of primary amides is 1. The lowest BCUT2D eigenvalue weighted by Crippen LogP contribution is -2.15. The van der Waals surface area contributed by atoms with Crippen LogP contribution in [-0.4, -0.2) is 10.9 Å². The van der Waals surface area contributed by atoms with E-state index in [1.807, 2.05) is 31.2 Å². The van der Waals surface area contributed by atoms with Crippen LogP contribution in [-0.2, 0) is 0 Å². The quantitative estimate of drug-likeness (QED) is 0.801. The molecule has 0 aliphatic heterocycles. The summed E-state index contributed by atoms with van der Waals surface area (Å²) in [6.45, 7) is 2.00. The van der Waals surface area contributed by atoms with Crippen LogP contribution >= 0.6 is 15.9 Å². The van der Waals surface area contributed by atoms with Crippen LogP contribution in [0.1, 0.15) is 28.9 Å². The number of nitrogens with two attached hydrogens (primary N) is 2. The summed E-state index contributed by atoms with van der Waals surface area (Å²) in [6.07, 6.45) is 1.43. The predicted octanol–water partition coefficient (Wildman–Crippen LogP) is 2.70. The van der Waals surface area contributed by atoms with Crippen LogP contribution in [0.3, 0.4) is 0 Å². The van der Waals surface area contributed by atoms with Gasteiger partial charge in [0.1, 0.15) is 5.82 Å². The Kier molecular flexibility index (Phi) is 4.24. The van der Waals surface area contributed by atoms with Crippen LogP contribution in [0.2, 0.25) is 0 Å². The Labute approximate surface area is 125 Å². The first kappa shape index (κ1) is 14.3. The number of anilines is 2. The van der Waals surface area contributed by atoms with Crippen LogP contribution in [0, 0.1) is 0 Å². The molecule has 0 spiro atoms. The van der Waals surface area contributed by atoms with E-state index in [1.54, 1.807) is 6.07 Å². The maximum absolute atomic E-state index is 11.3. The SMILES string of the molecule is CC(Nc1cc(C(N)=O)c(N)cn1)c1cccc(Br)c1. The number of pyridine rings is 1. The zero-order chi connectivity index (χ0) is 14.7. The van der Waals surface area contributed by atoms with Crippen LogP contribution in [0.25, 0.3) is 0 Å². The molecule has 1 aromatic carbocycles. The van der Waals surface area contributed by atoms with Crippen molar-refractivity contribution in [2.75, 3.05) is 11.1 Å². The van der Waals surface area contributed by atoms with Crippen molar-refractivity contribution in [1.82, 2.24) is 4.98 Å². The predicted molar refractivity (Wildman–Crippen MR) is 83.3 cm³/mol. The monoisotopic (exact) mass is 334 g/mol. The normalized spacial score (nSPS) is 11.9. The average Bonchev–Trinajstić information content (AvgIpc) is 2.40. The number of nitrogens with one attached hydrogen (secondary N) is 1. The summed E-state index contributed by atoms with van der Waals surface area (Å²) in [4.78, 5) is 15.4. The van der Waals surface area contributed by atoms with E-state index >= 15 is 0 Å². The number of carbonyl (C=O) groups excluding carboxylic acids is 1. The maximum Gasteiger partial charge on any atom is 0.250 e. The lowest BCUT2D eigenvalue weighted by atomic mass is 10.1. The van der Waals surface area contributed by atoms with E-state index in [0.717, 1.165) is 10.0 Å². The second-order valence-corrected chi connectivity index (χ2v) is 5.36. The average molecular weight is 335 g/mol. The van der Waals surface area contributed by atoms with E-state index in [1.165, 1.54) is 6.20 Å². The van der Waals surface area contributed by atoms with Gasteiger partial charge in [0.05, 0.1) is 17.4 Å². The number of aromatic nitrogens is 1. The van der Waals surface area contributed by atoms with E-state index in [0.29, 0.717) is 5.82 Å². The lowest BCUT2D eigenvalue weighted by Gasteiger charge is -2.16. The van der Waals surface area contributed by atoms with Gasteiger partial charge in [-0.1, -0.05) is 28.1 Å². The highest BCUT2D eigenvalue weighted by molar-refractivity contribution is 9.10. The maximum atomic E-state index is 11.3. The number of hydrogen-bond acceptors (Lipinski definition) is 4. The van der Waals surface area contributed by atoms with Crippen LogP contribution in [0.15, 0.2) is 41.0 Å². The molecule has 0 saturated heterocycles. The van der Waals surface area contributed by atoms with E-state index < -0.39 is 5.91 Å². The number of amides is 1. The van der Waals surface area contributed by atoms with E-state index in [2.05, 4.69) is 26.2 Å². The van der Waals surface area contributed by atoms with Gasteiger partial charge in [-0.3, -0.25) is 4.79 Å². The fourth-order valence-corrected chi connectivity index (χ4v) is 2.26. The first-order valence-electron chi connectivity index (χ1n) is 6.04. The van der Waals surface area contributed by atoms with Gasteiger partial charge in [0.15, 0.2) is 0 Å². The van der Waals surface area contributed by atoms with Crippen LogP contribution in [0.4, 0.5) is 11.5 Å². The number of benzene rings is 1. The molecule has 2 rings (SSSR count). The van der Waals surface area contributed by atoms with Crippen molar-refractivity contribution in [1.29, 1.82) is 0 Å². The molecule has 104 valence electrons. The molecule has 0 aliphatic rings. The minimum atomic E-state index is -0.567. The molecule has 2 aromatic rings. The summed E-state index contributed by atoms with van der Waals surface area (Å²) < 4.78 is 1.01. The first-order chi connectivity index (χ1) is 9.47. The van der Waals surface area contributed by atoms with Crippen molar-refractivity contribution in [3.05, 3.63) is 52.1 Å². The highest BCUT2D eigenvalue weighted by Gasteiger charge is 2.11. The molecule has 1 atom stereocenters. The summed E-state index contributed by atoms with van der Waals surface area (Å²) in [7, 11) is 0. The Bertz CT molecular complexity index is 645. The van der Waals surface area contributed by atoms with Gasteiger partial charge < -0.3 is 16.8 Å². The first-order valence-corrected chi connectivity index (χ1v) is 6.84. The summed E-state index contributed by atoms with van der Waals surface area (Å²) in [5, 5.41) is 3.21. The van der Waals surface area contributed by atoms with Gasteiger partial charge in [-0.05, 0) is 30.7 Å². The van der Waals surface area contributed by atoms with Crippen molar-refractivity contribution in [2.45, 2.75) is 13.0 Å². The van der Waals surface area contributed by atoms with Gasteiger partial charge in [-0.15, -0.1) is 0 Å². The Hall–Kier alpha value is -2.08. The topological polar surface area (TPSA) is 94.0 Å². The Morgan fingerprint density at radius 2 is 2.15 bits per heavy atom. The third-order valence-electron chi connectivity index (χ3n) is 2.91. The van der Waals surface area contributed by atoms with Crippen LogP contribution in [0.5, 0.6) is 0 Å². The fraction of sp³-hybridized carbons (Fsp3) is 0.143. The molecule has 20 heavy (non-hydrogen) atoms. The smallest absolute Gasteiger partial charge is 0.250 e. The van der Waals surface area contributed by atoms with Crippen LogP contribution < -0.4 is 16.8 Å². The number of carbonyl (C=O) groups is 1. The molecule has 0 aliphatic carbocycles. The molecule has 1 aromatic heterocycles. The van der Waals surface area contributed by atoms with Gasteiger partial charge in [0.2, 0.25) is 0 Å². The third-order valence-corrected chi connectivity index (χ3v) is 3.41. The van der Waals surface area contributed by atoms with Gasteiger partial charge in [0, 0.05) is 10.5 Å². The minimum absolute atomic E-state index is 0.0318. The molecule has 1 unspecified atom stereocenters. The number of hydrogen-bond donors (Lipinski definition) is 3. The van der Waals surface area contributed by atoms with E-state index in [4.69, 9.17) is 11.5 Å². The molecule has 1 heterocycles. The van der Waals surface area contributed by atoms with E-state index in [9.17, 15) is 4.79 Å². The van der Waals surface area contributed by atoms with E-state index in [-0.39, 0.29) is 17.3 Å². The second kappa shape index (κ2) is 5.92. The lowest BCUT2D eigenvalue weighted by molar-refractivity contribution is 0.100. The molecule has 0 bridgehead atoms. The number of nitrogens with zero attached hydrogens (tertiary/aromatic N) is 1. The van der Waals surface area contributed by atoms with Crippen molar-refractivity contribution in [3.63, 3.8) is 0 Å². The Morgan fingerprint density at radius 1 is 1.40 bits per heavy atom. The number of halogens is 1. The third kappa shape index (κ3) is 3.27.